The van der Waals surface area contributed by atoms with Gasteiger partial charge in [-0.25, -0.2) is 0 Å². The maximum atomic E-state index is 2.30. The van der Waals surface area contributed by atoms with Gasteiger partial charge in [-0.05, 0) is 35.8 Å². The summed E-state index contributed by atoms with van der Waals surface area (Å²) in [6, 6.07) is 9.20. The van der Waals surface area contributed by atoms with E-state index in [1.54, 1.807) is 0 Å². The van der Waals surface area contributed by atoms with Crippen molar-refractivity contribution in [3.63, 3.8) is 0 Å². The minimum atomic E-state index is 0.393. The van der Waals surface area contributed by atoms with Gasteiger partial charge >= 0.3 is 0 Å². The molecule has 0 radical (unpaired) electrons. The average molecular weight is 248 g/mol. The lowest BCUT2D eigenvalue weighted by atomic mass is 9.88. The zero-order chi connectivity index (χ0) is 14.0. The third kappa shape index (κ3) is 8.33. The van der Waals surface area contributed by atoms with Gasteiger partial charge in [-0.15, -0.1) is 0 Å². The van der Waals surface area contributed by atoms with Crippen molar-refractivity contribution >= 4 is 0 Å². The molecule has 1 aromatic rings. The van der Waals surface area contributed by atoms with E-state index in [4.69, 9.17) is 0 Å². The first-order valence-electron chi connectivity index (χ1n) is 7.59. The van der Waals surface area contributed by atoms with Crippen molar-refractivity contribution < 1.29 is 0 Å². The quantitative estimate of drug-likeness (QED) is 0.558. The Balaban J connectivity index is 0.00000137. The molecule has 18 heavy (non-hydrogen) atoms. The summed E-state index contributed by atoms with van der Waals surface area (Å²) in [6.45, 7) is 13.1. The van der Waals surface area contributed by atoms with Crippen LogP contribution < -0.4 is 0 Å². The molecule has 0 saturated heterocycles. The molecule has 0 heteroatoms. The number of aryl methyl sites for hydroxylation is 1. The summed E-state index contributed by atoms with van der Waals surface area (Å²) in [5, 5.41) is 0. The van der Waals surface area contributed by atoms with Crippen LogP contribution in [0.5, 0.6) is 0 Å². The van der Waals surface area contributed by atoms with Crippen molar-refractivity contribution in [1.82, 2.24) is 0 Å². The second-order valence-electron chi connectivity index (χ2n) is 6.01. The van der Waals surface area contributed by atoms with Crippen molar-refractivity contribution in [1.29, 1.82) is 0 Å². The minimum absolute atomic E-state index is 0.393. The van der Waals surface area contributed by atoms with Gasteiger partial charge in [0.05, 0.1) is 0 Å². The van der Waals surface area contributed by atoms with Crippen LogP contribution in [0.4, 0.5) is 0 Å². The average Bonchev–Trinajstić information content (AvgIpc) is 2.32. The molecular formula is C18H32. The number of unbranched alkanes of at least 4 members (excludes halogenated alkanes) is 2. The van der Waals surface area contributed by atoms with E-state index in [9.17, 15) is 0 Å². The topological polar surface area (TPSA) is 0 Å². The first-order chi connectivity index (χ1) is 8.51. The Kier molecular flexibility index (Phi) is 8.79. The second kappa shape index (κ2) is 9.19. The Morgan fingerprint density at radius 1 is 0.833 bits per heavy atom. The summed E-state index contributed by atoms with van der Waals surface area (Å²) in [4.78, 5) is 0. The summed E-state index contributed by atoms with van der Waals surface area (Å²) >= 11 is 0. The van der Waals surface area contributed by atoms with Crippen LogP contribution in [0.15, 0.2) is 24.3 Å². The van der Waals surface area contributed by atoms with Crippen LogP contribution in [-0.2, 0) is 12.8 Å². The largest absolute Gasteiger partial charge is 0.0683 e. The van der Waals surface area contributed by atoms with Crippen molar-refractivity contribution in [2.45, 2.75) is 73.6 Å². The van der Waals surface area contributed by atoms with Crippen LogP contribution >= 0.6 is 0 Å². The molecular weight excluding hydrogens is 216 g/mol. The normalized spacial score (nSPS) is 10.8. The molecule has 0 amide bonds. The predicted octanol–water partition coefficient (Wildman–Crippen LogP) is 6.03. The van der Waals surface area contributed by atoms with Gasteiger partial charge in [-0.1, -0.05) is 78.6 Å². The molecule has 0 spiro atoms. The molecule has 0 N–H and O–H groups in total. The molecule has 0 unspecified atom stereocenters. The lowest BCUT2D eigenvalue weighted by Crippen LogP contribution is -2.08. The lowest BCUT2D eigenvalue weighted by Gasteiger charge is -2.18. The molecule has 0 aliphatic rings. The van der Waals surface area contributed by atoms with Crippen LogP contribution in [0.1, 0.15) is 71.9 Å². The summed E-state index contributed by atoms with van der Waals surface area (Å²) < 4.78 is 0. The molecule has 1 rings (SSSR count). The van der Waals surface area contributed by atoms with E-state index in [1.165, 1.54) is 43.2 Å². The maximum Gasteiger partial charge on any atom is -0.0230 e. The van der Waals surface area contributed by atoms with Crippen molar-refractivity contribution in [2.75, 3.05) is 0 Å². The van der Waals surface area contributed by atoms with Gasteiger partial charge in [-0.3, -0.25) is 0 Å². The summed E-state index contributed by atoms with van der Waals surface area (Å²) in [5.41, 5.74) is 3.35. The first-order valence-corrected chi connectivity index (χ1v) is 7.59. The molecule has 0 aromatic heterocycles. The summed E-state index contributed by atoms with van der Waals surface area (Å²) in [7, 11) is 0. The third-order valence-corrected chi connectivity index (χ3v) is 2.83. The highest BCUT2D eigenvalue weighted by Crippen LogP contribution is 2.21. The van der Waals surface area contributed by atoms with Gasteiger partial charge in [0.2, 0.25) is 0 Å². The molecule has 1 aromatic carbocycles. The Labute approximate surface area is 115 Å². The van der Waals surface area contributed by atoms with Gasteiger partial charge < -0.3 is 0 Å². The van der Waals surface area contributed by atoms with E-state index in [2.05, 4.69) is 52.0 Å². The highest BCUT2D eigenvalue weighted by Gasteiger charge is 2.10. The van der Waals surface area contributed by atoms with Gasteiger partial charge in [-0.2, -0.15) is 0 Å². The van der Waals surface area contributed by atoms with E-state index in [0.717, 1.165) is 0 Å². The molecule has 0 heterocycles. The Bertz CT molecular complexity index is 287. The van der Waals surface area contributed by atoms with E-state index in [-0.39, 0.29) is 0 Å². The van der Waals surface area contributed by atoms with Crippen molar-refractivity contribution in [2.24, 2.45) is 5.41 Å². The van der Waals surface area contributed by atoms with E-state index >= 15 is 0 Å². The van der Waals surface area contributed by atoms with Crippen LogP contribution in [0, 0.1) is 5.41 Å². The fourth-order valence-corrected chi connectivity index (χ4v) is 2.02. The number of benzene rings is 1. The number of rotatable bonds is 5. The summed E-state index contributed by atoms with van der Waals surface area (Å²) in [6.07, 6.45) is 6.40. The molecule has 104 valence electrons. The monoisotopic (exact) mass is 248 g/mol. The van der Waals surface area contributed by atoms with Crippen molar-refractivity contribution in [3.05, 3.63) is 35.4 Å². The first kappa shape index (κ1) is 17.2. The van der Waals surface area contributed by atoms with Gasteiger partial charge in [0.1, 0.15) is 0 Å². The van der Waals surface area contributed by atoms with Crippen LogP contribution in [0.25, 0.3) is 0 Å². The van der Waals surface area contributed by atoms with Crippen LogP contribution in [-0.4, -0.2) is 0 Å². The maximum absolute atomic E-state index is 2.30. The predicted molar refractivity (Wildman–Crippen MR) is 84.2 cm³/mol. The fourth-order valence-electron chi connectivity index (χ4n) is 2.02. The van der Waals surface area contributed by atoms with E-state index in [1.807, 2.05) is 13.8 Å². The molecule has 0 aliphatic carbocycles. The molecule has 0 fully saturated rings. The van der Waals surface area contributed by atoms with Gasteiger partial charge in [0.25, 0.3) is 0 Å². The molecule has 0 bridgehead atoms. The van der Waals surface area contributed by atoms with Crippen LogP contribution in [0.2, 0.25) is 0 Å². The SMILES string of the molecule is CC.CCCCCc1ccc(CC(C)(C)C)cc1. The Morgan fingerprint density at radius 2 is 1.33 bits per heavy atom. The fraction of sp³-hybridized carbons (Fsp3) is 0.667. The second-order valence-corrected chi connectivity index (χ2v) is 6.01. The summed E-state index contributed by atoms with van der Waals surface area (Å²) in [5.74, 6) is 0. The Morgan fingerprint density at radius 3 is 1.78 bits per heavy atom. The smallest absolute Gasteiger partial charge is 0.0230 e. The molecule has 0 nitrogen and oxygen atoms in total. The molecule has 0 saturated carbocycles. The third-order valence-electron chi connectivity index (χ3n) is 2.83. The van der Waals surface area contributed by atoms with E-state index < -0.39 is 0 Å². The van der Waals surface area contributed by atoms with Gasteiger partial charge in [0.15, 0.2) is 0 Å². The van der Waals surface area contributed by atoms with Crippen molar-refractivity contribution in [3.8, 4) is 0 Å². The standard InChI is InChI=1S/C16H26.C2H6/c1-5-6-7-8-14-9-11-15(12-10-14)13-16(2,3)4;1-2/h9-12H,5-8,13H2,1-4H3;1-2H3. The number of hydrogen-bond donors (Lipinski definition) is 0. The molecule has 0 aliphatic heterocycles. The van der Waals surface area contributed by atoms with Crippen LogP contribution in [0.3, 0.4) is 0 Å². The zero-order valence-electron chi connectivity index (χ0n) is 13.3. The van der Waals surface area contributed by atoms with E-state index in [0.29, 0.717) is 5.41 Å². The lowest BCUT2D eigenvalue weighted by molar-refractivity contribution is 0.411. The minimum Gasteiger partial charge on any atom is -0.0683 e. The molecule has 0 atom stereocenters. The number of hydrogen-bond acceptors (Lipinski definition) is 0. The highest BCUT2D eigenvalue weighted by atomic mass is 14.2. The Hall–Kier alpha value is -0.780. The zero-order valence-corrected chi connectivity index (χ0v) is 13.3. The van der Waals surface area contributed by atoms with Gasteiger partial charge in [0, 0.05) is 0 Å². The highest BCUT2D eigenvalue weighted by molar-refractivity contribution is 5.23.